The molecule has 1 N–H and O–H groups in total. The van der Waals surface area contributed by atoms with Gasteiger partial charge < -0.3 is 4.90 Å². The molecule has 1 saturated carbocycles. The molecule has 1 unspecified atom stereocenters. The summed E-state index contributed by atoms with van der Waals surface area (Å²) in [7, 11) is 0. The van der Waals surface area contributed by atoms with Crippen molar-refractivity contribution in [1.82, 2.24) is 19.6 Å². The van der Waals surface area contributed by atoms with Crippen molar-refractivity contribution in [3.63, 3.8) is 0 Å². The summed E-state index contributed by atoms with van der Waals surface area (Å²) in [5.41, 5.74) is 3.65. The quantitative estimate of drug-likeness (QED) is 0.821. The summed E-state index contributed by atoms with van der Waals surface area (Å²) in [5, 5.41) is 3.84. The van der Waals surface area contributed by atoms with Gasteiger partial charge in [-0.15, -0.1) is 11.3 Å². The topological polar surface area (TPSA) is 53.4 Å². The second kappa shape index (κ2) is 6.55. The maximum atomic E-state index is 4.87. The average molecular weight is 370 g/mol. The summed E-state index contributed by atoms with van der Waals surface area (Å²) in [4.78, 5) is 16.3. The number of fused-ring (bicyclic) bond motifs is 1. The van der Waals surface area contributed by atoms with E-state index in [1.165, 1.54) is 24.1 Å². The highest BCUT2D eigenvalue weighted by molar-refractivity contribution is 7.98. The van der Waals surface area contributed by atoms with Gasteiger partial charge in [-0.2, -0.15) is 0 Å². The minimum absolute atomic E-state index is 0.447. The molecule has 0 spiro atoms. The largest absolute Gasteiger partial charge is 0.326 e. The molecule has 128 valence electrons. The van der Waals surface area contributed by atoms with Gasteiger partial charge >= 0.3 is 0 Å². The Morgan fingerprint density at radius 3 is 2.92 bits per heavy atom. The van der Waals surface area contributed by atoms with Gasteiger partial charge in [-0.1, -0.05) is 18.0 Å². The standard InChI is InChI=1S/C18H19N5S2/c1-2-6-19-15(3-1)14-10-21-17(18-20-7-8-24-18)23-11-12(9-16(14)23)22-25-13-4-5-13/h1-3,6-8,12-13,22H,4-5,9-11H2. The summed E-state index contributed by atoms with van der Waals surface area (Å²) < 4.78 is 3.69. The Bertz CT molecular complexity index is 811. The fourth-order valence-corrected chi connectivity index (χ4v) is 4.88. The lowest BCUT2D eigenvalue weighted by Gasteiger charge is -2.27. The van der Waals surface area contributed by atoms with Gasteiger partial charge in [-0.3, -0.25) is 14.7 Å². The van der Waals surface area contributed by atoms with Gasteiger partial charge in [0.15, 0.2) is 10.8 Å². The van der Waals surface area contributed by atoms with E-state index in [-0.39, 0.29) is 0 Å². The molecule has 2 aromatic heterocycles. The molecule has 0 aromatic carbocycles. The van der Waals surface area contributed by atoms with E-state index in [0.29, 0.717) is 12.6 Å². The van der Waals surface area contributed by atoms with Crippen LogP contribution in [0.4, 0.5) is 0 Å². The molecule has 2 aliphatic heterocycles. The number of pyridine rings is 1. The van der Waals surface area contributed by atoms with Crippen LogP contribution in [0, 0.1) is 0 Å². The first kappa shape index (κ1) is 15.5. The third-order valence-electron chi connectivity index (χ3n) is 4.68. The number of rotatable bonds is 5. The van der Waals surface area contributed by atoms with Crippen molar-refractivity contribution >= 4 is 34.7 Å². The van der Waals surface area contributed by atoms with Crippen LogP contribution in [0.3, 0.4) is 0 Å². The van der Waals surface area contributed by atoms with Gasteiger partial charge in [-0.05, 0) is 25.0 Å². The Labute approximate surface area is 155 Å². The molecule has 25 heavy (non-hydrogen) atoms. The molecule has 1 aliphatic carbocycles. The van der Waals surface area contributed by atoms with Crippen LogP contribution in [0.15, 0.2) is 46.7 Å². The number of hydrogen-bond donors (Lipinski definition) is 1. The van der Waals surface area contributed by atoms with E-state index in [2.05, 4.69) is 25.7 Å². The molecule has 1 atom stereocenters. The molecule has 0 bridgehead atoms. The Morgan fingerprint density at radius 1 is 1.20 bits per heavy atom. The van der Waals surface area contributed by atoms with E-state index in [1.807, 2.05) is 41.9 Å². The van der Waals surface area contributed by atoms with Crippen LogP contribution in [0.2, 0.25) is 0 Å². The third-order valence-corrected chi connectivity index (χ3v) is 6.73. The predicted octanol–water partition coefficient (Wildman–Crippen LogP) is 3.18. The van der Waals surface area contributed by atoms with Crippen LogP contribution < -0.4 is 4.72 Å². The van der Waals surface area contributed by atoms with Crippen molar-refractivity contribution in [3.8, 4) is 0 Å². The molecule has 0 radical (unpaired) electrons. The fourth-order valence-electron chi connectivity index (χ4n) is 3.31. The number of nitrogens with zero attached hydrogens (tertiary/aromatic N) is 4. The van der Waals surface area contributed by atoms with E-state index in [9.17, 15) is 0 Å². The first-order valence-electron chi connectivity index (χ1n) is 8.65. The number of thiazole rings is 1. The molecule has 0 amide bonds. The second-order valence-corrected chi connectivity index (χ2v) is 8.60. The van der Waals surface area contributed by atoms with Crippen molar-refractivity contribution in [2.75, 3.05) is 13.1 Å². The molecule has 1 saturated heterocycles. The molecular weight excluding hydrogens is 350 g/mol. The van der Waals surface area contributed by atoms with Crippen molar-refractivity contribution in [3.05, 3.63) is 52.4 Å². The zero-order valence-electron chi connectivity index (χ0n) is 13.8. The lowest BCUT2D eigenvalue weighted by atomic mass is 10.1. The number of nitrogens with one attached hydrogen (secondary N) is 1. The second-order valence-electron chi connectivity index (χ2n) is 6.56. The highest BCUT2D eigenvalue weighted by Crippen LogP contribution is 2.37. The van der Waals surface area contributed by atoms with Crippen LogP contribution >= 0.6 is 23.3 Å². The highest BCUT2D eigenvalue weighted by atomic mass is 32.2. The van der Waals surface area contributed by atoms with Crippen molar-refractivity contribution in [1.29, 1.82) is 0 Å². The fraction of sp³-hybridized carbons (Fsp3) is 0.389. The molecule has 2 fully saturated rings. The highest BCUT2D eigenvalue weighted by Gasteiger charge is 2.36. The molecule has 5 nitrogen and oxygen atoms in total. The smallest absolute Gasteiger partial charge is 0.165 e. The van der Waals surface area contributed by atoms with Gasteiger partial charge in [-0.25, -0.2) is 4.98 Å². The monoisotopic (exact) mass is 369 g/mol. The van der Waals surface area contributed by atoms with Gasteiger partial charge in [0.05, 0.1) is 12.2 Å². The van der Waals surface area contributed by atoms with Crippen molar-refractivity contribution in [2.45, 2.75) is 30.6 Å². The SMILES string of the molecule is c1ccc(C2=C3CC(NSC4CC4)CN3C(c3nccs3)=NC2)nc1. The average Bonchev–Trinajstić information content (AvgIpc) is 3.15. The Hall–Kier alpha value is -1.70. The number of amidine groups is 1. The van der Waals surface area contributed by atoms with Crippen LogP contribution in [-0.4, -0.2) is 45.1 Å². The normalized spacial score (nSPS) is 23.0. The number of aliphatic imine (C=N–C) groups is 1. The first-order valence-corrected chi connectivity index (χ1v) is 10.4. The number of aromatic nitrogens is 2. The van der Waals surface area contributed by atoms with E-state index in [4.69, 9.17) is 4.99 Å². The Morgan fingerprint density at radius 2 is 2.16 bits per heavy atom. The first-order chi connectivity index (χ1) is 12.4. The molecule has 4 heterocycles. The van der Waals surface area contributed by atoms with Gasteiger partial charge in [0.25, 0.3) is 0 Å². The van der Waals surface area contributed by atoms with Crippen molar-refractivity contribution < 1.29 is 0 Å². The van der Waals surface area contributed by atoms with Crippen LogP contribution in [0.5, 0.6) is 0 Å². The maximum Gasteiger partial charge on any atom is 0.165 e. The number of hydrogen-bond acceptors (Lipinski definition) is 7. The van der Waals surface area contributed by atoms with E-state index < -0.39 is 0 Å². The molecule has 2 aromatic rings. The Balaban J connectivity index is 1.47. The van der Waals surface area contributed by atoms with Gasteiger partial charge in [0.2, 0.25) is 0 Å². The molecule has 5 rings (SSSR count). The van der Waals surface area contributed by atoms with Crippen LogP contribution in [-0.2, 0) is 0 Å². The summed E-state index contributed by atoms with van der Waals surface area (Å²) in [6.45, 7) is 1.63. The maximum absolute atomic E-state index is 4.87. The third kappa shape index (κ3) is 3.12. The van der Waals surface area contributed by atoms with E-state index in [1.54, 1.807) is 11.3 Å². The minimum atomic E-state index is 0.447. The minimum Gasteiger partial charge on any atom is -0.326 e. The summed E-state index contributed by atoms with van der Waals surface area (Å²) >= 11 is 3.57. The molecule has 3 aliphatic rings. The summed E-state index contributed by atoms with van der Waals surface area (Å²) in [6, 6.07) is 6.55. The van der Waals surface area contributed by atoms with Crippen LogP contribution in [0.1, 0.15) is 30.0 Å². The predicted molar refractivity (Wildman–Crippen MR) is 104 cm³/mol. The Kier molecular flexibility index (Phi) is 4.07. The van der Waals surface area contributed by atoms with Crippen LogP contribution in [0.25, 0.3) is 5.57 Å². The summed E-state index contributed by atoms with van der Waals surface area (Å²) in [6.07, 6.45) is 7.44. The lowest BCUT2D eigenvalue weighted by Crippen LogP contribution is -2.35. The molecule has 7 heteroatoms. The van der Waals surface area contributed by atoms with Gasteiger partial charge in [0, 0.05) is 53.3 Å². The molecular formula is C18H19N5S2. The lowest BCUT2D eigenvalue weighted by molar-refractivity contribution is 0.544. The van der Waals surface area contributed by atoms with Crippen molar-refractivity contribution in [2.24, 2.45) is 4.99 Å². The van der Waals surface area contributed by atoms with E-state index in [0.717, 1.165) is 34.8 Å². The van der Waals surface area contributed by atoms with Gasteiger partial charge in [0.1, 0.15) is 0 Å². The summed E-state index contributed by atoms with van der Waals surface area (Å²) in [5.74, 6) is 1.02. The zero-order valence-corrected chi connectivity index (χ0v) is 15.4. The zero-order chi connectivity index (χ0) is 16.6. The van der Waals surface area contributed by atoms with E-state index >= 15 is 0 Å².